The highest BCUT2D eigenvalue weighted by Gasteiger charge is 2.44. The molecule has 0 radical (unpaired) electrons. The lowest BCUT2D eigenvalue weighted by Crippen LogP contribution is -2.18. The van der Waals surface area contributed by atoms with E-state index in [1.54, 1.807) is 0 Å². The summed E-state index contributed by atoms with van der Waals surface area (Å²) in [7, 11) is 1.81. The van der Waals surface area contributed by atoms with E-state index in [0.29, 0.717) is 10.8 Å². The summed E-state index contributed by atoms with van der Waals surface area (Å²) in [6.45, 7) is 7.89. The Bertz CT molecular complexity index is 128. The smallest absolute Gasteiger partial charge is 0.0518 e. The fourth-order valence-electron chi connectivity index (χ4n) is 1.98. The lowest BCUT2D eigenvalue weighted by molar-refractivity contribution is 0.113. The van der Waals surface area contributed by atoms with Gasteiger partial charge in [0.2, 0.25) is 0 Å². The van der Waals surface area contributed by atoms with Crippen molar-refractivity contribution in [3.8, 4) is 0 Å². The van der Waals surface area contributed by atoms with Crippen molar-refractivity contribution in [3.05, 3.63) is 0 Å². The summed E-state index contributed by atoms with van der Waals surface area (Å²) in [5, 5.41) is 0. The number of methoxy groups -OCH3 is 1. The summed E-state index contributed by atoms with van der Waals surface area (Å²) in [5.74, 6) is 0. The van der Waals surface area contributed by atoms with Gasteiger partial charge in [0.25, 0.3) is 0 Å². The maximum Gasteiger partial charge on any atom is 0.0518 e. The van der Waals surface area contributed by atoms with Gasteiger partial charge in [-0.05, 0) is 30.1 Å². The van der Waals surface area contributed by atoms with E-state index in [2.05, 4.69) is 20.8 Å². The van der Waals surface area contributed by atoms with Crippen LogP contribution < -0.4 is 0 Å². The Labute approximate surface area is 70.1 Å². The molecule has 1 aliphatic carbocycles. The fourth-order valence-corrected chi connectivity index (χ4v) is 1.98. The Morgan fingerprint density at radius 2 is 1.82 bits per heavy atom. The quantitative estimate of drug-likeness (QED) is 0.610. The van der Waals surface area contributed by atoms with Gasteiger partial charge in [0, 0.05) is 7.11 Å². The molecule has 0 spiro atoms. The standard InChI is InChI=1S/C10H20O/c1-9(2,3)7-10(5-6-10)8-11-4/h5-8H2,1-4H3. The van der Waals surface area contributed by atoms with Crippen molar-refractivity contribution in [1.82, 2.24) is 0 Å². The molecule has 0 heterocycles. The van der Waals surface area contributed by atoms with Crippen LogP contribution in [0.5, 0.6) is 0 Å². The minimum absolute atomic E-state index is 0.467. The van der Waals surface area contributed by atoms with E-state index in [4.69, 9.17) is 4.74 Å². The molecule has 0 aromatic carbocycles. The highest BCUT2D eigenvalue weighted by atomic mass is 16.5. The van der Waals surface area contributed by atoms with Crippen LogP contribution >= 0.6 is 0 Å². The first kappa shape index (κ1) is 9.05. The van der Waals surface area contributed by atoms with Crippen LogP contribution in [0, 0.1) is 10.8 Å². The van der Waals surface area contributed by atoms with Crippen molar-refractivity contribution in [2.75, 3.05) is 13.7 Å². The molecule has 1 rings (SSSR count). The SMILES string of the molecule is COCC1(CC(C)(C)C)CC1. The normalized spacial score (nSPS) is 21.8. The molecular weight excluding hydrogens is 136 g/mol. The third-order valence-electron chi connectivity index (χ3n) is 2.31. The zero-order valence-corrected chi connectivity index (χ0v) is 8.24. The number of ether oxygens (including phenoxy) is 1. The third kappa shape index (κ3) is 2.82. The molecule has 1 saturated carbocycles. The van der Waals surface area contributed by atoms with Gasteiger partial charge in [-0.3, -0.25) is 0 Å². The highest BCUT2D eigenvalue weighted by molar-refractivity contribution is 4.95. The number of rotatable bonds is 3. The van der Waals surface area contributed by atoms with Crippen molar-refractivity contribution in [2.24, 2.45) is 10.8 Å². The predicted molar refractivity (Wildman–Crippen MR) is 47.6 cm³/mol. The molecule has 0 aromatic heterocycles. The Morgan fingerprint density at radius 3 is 2.09 bits per heavy atom. The Balaban J connectivity index is 2.35. The van der Waals surface area contributed by atoms with Crippen LogP contribution in [0.2, 0.25) is 0 Å². The van der Waals surface area contributed by atoms with E-state index in [-0.39, 0.29) is 0 Å². The zero-order valence-electron chi connectivity index (χ0n) is 8.24. The lowest BCUT2D eigenvalue weighted by Gasteiger charge is -2.24. The summed E-state index contributed by atoms with van der Waals surface area (Å²) in [5.41, 5.74) is 1.03. The first-order valence-electron chi connectivity index (χ1n) is 4.46. The Kier molecular flexibility index (Phi) is 2.29. The van der Waals surface area contributed by atoms with Crippen LogP contribution in [0.15, 0.2) is 0 Å². The molecule has 1 nitrogen and oxygen atoms in total. The van der Waals surface area contributed by atoms with Gasteiger partial charge in [-0.25, -0.2) is 0 Å². The molecule has 0 unspecified atom stereocenters. The molecule has 0 aliphatic heterocycles. The average molecular weight is 156 g/mol. The summed E-state index contributed by atoms with van der Waals surface area (Å²) in [6.07, 6.45) is 4.06. The third-order valence-corrected chi connectivity index (χ3v) is 2.31. The van der Waals surface area contributed by atoms with Crippen LogP contribution in [0.4, 0.5) is 0 Å². The number of hydrogen-bond donors (Lipinski definition) is 0. The average Bonchev–Trinajstić information content (AvgIpc) is 2.44. The molecule has 1 aliphatic rings. The van der Waals surface area contributed by atoms with Crippen LogP contribution in [-0.4, -0.2) is 13.7 Å². The van der Waals surface area contributed by atoms with E-state index in [1.165, 1.54) is 19.3 Å². The van der Waals surface area contributed by atoms with Gasteiger partial charge in [0.15, 0.2) is 0 Å². The first-order chi connectivity index (χ1) is 4.97. The van der Waals surface area contributed by atoms with E-state index in [1.807, 2.05) is 7.11 Å². The van der Waals surface area contributed by atoms with Gasteiger partial charge in [-0.15, -0.1) is 0 Å². The van der Waals surface area contributed by atoms with Gasteiger partial charge >= 0.3 is 0 Å². The molecular formula is C10H20O. The maximum atomic E-state index is 5.22. The monoisotopic (exact) mass is 156 g/mol. The van der Waals surface area contributed by atoms with Crippen molar-refractivity contribution in [3.63, 3.8) is 0 Å². The molecule has 0 amide bonds. The maximum absolute atomic E-state index is 5.22. The highest BCUT2D eigenvalue weighted by Crippen LogP contribution is 2.53. The molecule has 0 aromatic rings. The minimum Gasteiger partial charge on any atom is -0.384 e. The number of hydrogen-bond acceptors (Lipinski definition) is 1. The second-order valence-electron chi connectivity index (χ2n) is 5.17. The van der Waals surface area contributed by atoms with Crippen LogP contribution in [-0.2, 0) is 4.74 Å². The second-order valence-corrected chi connectivity index (χ2v) is 5.17. The van der Waals surface area contributed by atoms with Gasteiger partial charge in [0.05, 0.1) is 6.61 Å². The first-order valence-corrected chi connectivity index (χ1v) is 4.46. The molecule has 0 bridgehead atoms. The van der Waals surface area contributed by atoms with Crippen LogP contribution in [0.1, 0.15) is 40.0 Å². The topological polar surface area (TPSA) is 9.23 Å². The van der Waals surface area contributed by atoms with Crippen LogP contribution in [0.3, 0.4) is 0 Å². The van der Waals surface area contributed by atoms with Gasteiger partial charge in [-0.1, -0.05) is 20.8 Å². The predicted octanol–water partition coefficient (Wildman–Crippen LogP) is 2.85. The second kappa shape index (κ2) is 2.78. The molecule has 1 heteroatoms. The Morgan fingerprint density at radius 1 is 1.27 bits per heavy atom. The zero-order chi connectivity index (χ0) is 8.54. The molecule has 0 saturated heterocycles. The minimum atomic E-state index is 0.467. The van der Waals surface area contributed by atoms with Gasteiger partial charge in [-0.2, -0.15) is 0 Å². The van der Waals surface area contributed by atoms with Crippen LogP contribution in [0.25, 0.3) is 0 Å². The summed E-state index contributed by atoms with van der Waals surface area (Å²) < 4.78 is 5.22. The lowest BCUT2D eigenvalue weighted by atomic mass is 9.83. The molecule has 0 atom stereocenters. The van der Waals surface area contributed by atoms with E-state index >= 15 is 0 Å². The molecule has 1 fully saturated rings. The van der Waals surface area contributed by atoms with Crippen molar-refractivity contribution in [2.45, 2.75) is 40.0 Å². The molecule has 66 valence electrons. The summed E-state index contributed by atoms with van der Waals surface area (Å²) in [4.78, 5) is 0. The largest absolute Gasteiger partial charge is 0.384 e. The van der Waals surface area contributed by atoms with Crippen molar-refractivity contribution < 1.29 is 4.74 Å². The Hall–Kier alpha value is -0.0400. The summed E-state index contributed by atoms with van der Waals surface area (Å²) >= 11 is 0. The van der Waals surface area contributed by atoms with Gasteiger partial charge in [0.1, 0.15) is 0 Å². The molecule has 0 N–H and O–H groups in total. The fraction of sp³-hybridized carbons (Fsp3) is 1.00. The van der Waals surface area contributed by atoms with E-state index in [0.717, 1.165) is 6.61 Å². The van der Waals surface area contributed by atoms with E-state index < -0.39 is 0 Å². The van der Waals surface area contributed by atoms with Gasteiger partial charge < -0.3 is 4.74 Å². The van der Waals surface area contributed by atoms with Crippen molar-refractivity contribution in [1.29, 1.82) is 0 Å². The molecule has 11 heavy (non-hydrogen) atoms. The summed E-state index contributed by atoms with van der Waals surface area (Å²) in [6, 6.07) is 0. The van der Waals surface area contributed by atoms with Crippen molar-refractivity contribution >= 4 is 0 Å². The van der Waals surface area contributed by atoms with E-state index in [9.17, 15) is 0 Å².